The van der Waals surface area contributed by atoms with E-state index in [9.17, 15) is 14.4 Å². The molecule has 0 aromatic heterocycles. The number of para-hydroxylation sites is 1. The molecule has 0 fully saturated rings. The van der Waals surface area contributed by atoms with Gasteiger partial charge in [-0.2, -0.15) is 0 Å². The zero-order valence-electron chi connectivity index (χ0n) is 15.1. The van der Waals surface area contributed by atoms with Crippen molar-refractivity contribution in [2.45, 2.75) is 0 Å². The number of esters is 1. The Morgan fingerprint density at radius 2 is 1.18 bits per heavy atom. The van der Waals surface area contributed by atoms with Gasteiger partial charge in [0.25, 0.3) is 11.8 Å². The molecule has 0 heterocycles. The van der Waals surface area contributed by atoms with Crippen molar-refractivity contribution in [2.75, 3.05) is 17.7 Å². The van der Waals surface area contributed by atoms with Gasteiger partial charge >= 0.3 is 5.97 Å². The molecule has 3 aromatic carbocycles. The predicted molar refractivity (Wildman–Crippen MR) is 107 cm³/mol. The van der Waals surface area contributed by atoms with E-state index in [1.807, 2.05) is 18.2 Å². The number of benzene rings is 3. The summed E-state index contributed by atoms with van der Waals surface area (Å²) in [4.78, 5) is 36.3. The van der Waals surface area contributed by atoms with Crippen LogP contribution in [0.2, 0.25) is 0 Å². The quantitative estimate of drug-likeness (QED) is 0.662. The molecule has 140 valence electrons. The lowest BCUT2D eigenvalue weighted by Crippen LogP contribution is -2.14. The topological polar surface area (TPSA) is 84.5 Å². The van der Waals surface area contributed by atoms with E-state index in [4.69, 9.17) is 0 Å². The summed E-state index contributed by atoms with van der Waals surface area (Å²) in [6, 6.07) is 21.9. The smallest absolute Gasteiger partial charge is 0.337 e. The number of hydrogen-bond acceptors (Lipinski definition) is 4. The second-order valence-corrected chi connectivity index (χ2v) is 5.92. The maximum absolute atomic E-state index is 12.4. The number of ether oxygens (including phenoxy) is 1. The molecule has 0 unspecified atom stereocenters. The minimum atomic E-state index is -0.482. The molecule has 0 saturated carbocycles. The summed E-state index contributed by atoms with van der Waals surface area (Å²) in [5, 5.41) is 5.50. The van der Waals surface area contributed by atoms with Crippen LogP contribution in [0.25, 0.3) is 0 Å². The number of nitrogens with one attached hydrogen (secondary N) is 2. The average molecular weight is 374 g/mol. The summed E-state index contributed by atoms with van der Waals surface area (Å²) in [5.41, 5.74) is 2.33. The van der Waals surface area contributed by atoms with Gasteiger partial charge in [0.05, 0.1) is 12.7 Å². The first kappa shape index (κ1) is 18.8. The lowest BCUT2D eigenvalue weighted by molar-refractivity contribution is 0.0600. The van der Waals surface area contributed by atoms with Crippen molar-refractivity contribution in [3.05, 3.63) is 95.6 Å². The maximum Gasteiger partial charge on any atom is 0.337 e. The summed E-state index contributed by atoms with van der Waals surface area (Å²) in [7, 11) is 1.29. The normalized spacial score (nSPS) is 10.0. The largest absolute Gasteiger partial charge is 0.465 e. The first-order valence-corrected chi connectivity index (χ1v) is 8.53. The zero-order valence-corrected chi connectivity index (χ0v) is 15.1. The zero-order chi connectivity index (χ0) is 19.9. The first-order chi connectivity index (χ1) is 13.6. The molecule has 2 amide bonds. The highest BCUT2D eigenvalue weighted by molar-refractivity contribution is 6.07. The van der Waals surface area contributed by atoms with Gasteiger partial charge in [-0.25, -0.2) is 4.79 Å². The minimum absolute atomic E-state index is 0.260. The Labute approximate surface area is 162 Å². The molecule has 0 spiro atoms. The van der Waals surface area contributed by atoms with Gasteiger partial charge in [-0.05, 0) is 54.6 Å². The Hall–Kier alpha value is -3.93. The number of methoxy groups -OCH3 is 1. The number of amides is 2. The fourth-order valence-electron chi connectivity index (χ4n) is 2.54. The van der Waals surface area contributed by atoms with Crippen LogP contribution in [0.1, 0.15) is 31.1 Å². The molecule has 2 N–H and O–H groups in total. The molecular weight excluding hydrogens is 356 g/mol. The van der Waals surface area contributed by atoms with Gasteiger partial charge in [0.2, 0.25) is 0 Å². The van der Waals surface area contributed by atoms with Gasteiger partial charge in [-0.1, -0.05) is 24.3 Å². The van der Waals surface area contributed by atoms with E-state index in [0.717, 1.165) is 0 Å². The van der Waals surface area contributed by atoms with Crippen molar-refractivity contribution < 1.29 is 19.1 Å². The fourth-order valence-corrected chi connectivity index (χ4v) is 2.54. The molecule has 0 aliphatic carbocycles. The highest BCUT2D eigenvalue weighted by Crippen LogP contribution is 2.14. The van der Waals surface area contributed by atoms with E-state index in [-0.39, 0.29) is 11.8 Å². The maximum atomic E-state index is 12.4. The van der Waals surface area contributed by atoms with Crippen LogP contribution >= 0.6 is 0 Å². The third-order valence-electron chi connectivity index (χ3n) is 3.98. The van der Waals surface area contributed by atoms with Crippen molar-refractivity contribution in [1.82, 2.24) is 0 Å². The summed E-state index contributed by atoms with van der Waals surface area (Å²) < 4.78 is 4.67. The average Bonchev–Trinajstić information content (AvgIpc) is 2.74. The van der Waals surface area contributed by atoms with E-state index in [1.165, 1.54) is 13.2 Å². The molecule has 6 nitrogen and oxygen atoms in total. The second kappa shape index (κ2) is 8.64. The van der Waals surface area contributed by atoms with E-state index in [2.05, 4.69) is 15.4 Å². The summed E-state index contributed by atoms with van der Waals surface area (Å²) in [6.45, 7) is 0. The Kier molecular flexibility index (Phi) is 5.81. The van der Waals surface area contributed by atoms with Crippen LogP contribution in [0.15, 0.2) is 78.9 Å². The van der Waals surface area contributed by atoms with Gasteiger partial charge in [0, 0.05) is 22.5 Å². The monoisotopic (exact) mass is 374 g/mol. The van der Waals surface area contributed by atoms with Crippen molar-refractivity contribution in [3.63, 3.8) is 0 Å². The molecule has 28 heavy (non-hydrogen) atoms. The number of carbonyl (C=O) groups is 3. The van der Waals surface area contributed by atoms with Crippen molar-refractivity contribution in [3.8, 4) is 0 Å². The third kappa shape index (κ3) is 4.62. The Balaban J connectivity index is 1.67. The number of hydrogen-bond donors (Lipinski definition) is 2. The molecule has 0 aliphatic heterocycles. The Morgan fingerprint density at radius 3 is 1.75 bits per heavy atom. The molecule has 6 heteroatoms. The van der Waals surface area contributed by atoms with Gasteiger partial charge < -0.3 is 15.4 Å². The molecule has 0 saturated heterocycles. The Bertz CT molecular complexity index is 999. The summed E-state index contributed by atoms with van der Waals surface area (Å²) >= 11 is 0. The van der Waals surface area contributed by atoms with Crippen LogP contribution in [0, 0.1) is 0 Å². The van der Waals surface area contributed by atoms with Crippen molar-refractivity contribution in [2.24, 2.45) is 0 Å². The van der Waals surface area contributed by atoms with E-state index < -0.39 is 5.97 Å². The fraction of sp³-hybridized carbons (Fsp3) is 0.0455. The molecule has 0 atom stereocenters. The van der Waals surface area contributed by atoms with Crippen LogP contribution in [0.4, 0.5) is 11.4 Å². The molecule has 3 rings (SSSR count). The molecular formula is C22H18N2O4. The van der Waals surface area contributed by atoms with Crippen LogP contribution in [0.5, 0.6) is 0 Å². The van der Waals surface area contributed by atoms with Gasteiger partial charge in [0.1, 0.15) is 0 Å². The van der Waals surface area contributed by atoms with Crippen molar-refractivity contribution >= 4 is 29.2 Å². The summed E-state index contributed by atoms with van der Waals surface area (Å²) in [5.74, 6) is -1.09. The van der Waals surface area contributed by atoms with Crippen LogP contribution in [-0.4, -0.2) is 24.9 Å². The van der Waals surface area contributed by atoms with Crippen LogP contribution in [-0.2, 0) is 4.74 Å². The predicted octanol–water partition coefficient (Wildman–Crippen LogP) is 3.98. The van der Waals surface area contributed by atoms with Crippen LogP contribution in [0.3, 0.4) is 0 Å². The van der Waals surface area contributed by atoms with Gasteiger partial charge in [-0.15, -0.1) is 0 Å². The minimum Gasteiger partial charge on any atom is -0.465 e. The molecule has 0 aliphatic rings. The Morgan fingerprint density at radius 1 is 0.643 bits per heavy atom. The lowest BCUT2D eigenvalue weighted by Gasteiger charge is -2.08. The molecule has 0 bridgehead atoms. The third-order valence-corrected chi connectivity index (χ3v) is 3.98. The second-order valence-electron chi connectivity index (χ2n) is 5.92. The van der Waals surface area contributed by atoms with E-state index >= 15 is 0 Å². The van der Waals surface area contributed by atoms with Gasteiger partial charge in [0.15, 0.2) is 0 Å². The molecule has 0 radical (unpaired) electrons. The SMILES string of the molecule is COC(=O)c1cccc(NC(=O)c2ccc(C(=O)Nc3ccccc3)cc2)c1. The summed E-state index contributed by atoms with van der Waals surface area (Å²) in [6.07, 6.45) is 0. The van der Waals surface area contributed by atoms with E-state index in [1.54, 1.807) is 54.6 Å². The van der Waals surface area contributed by atoms with Crippen LogP contribution < -0.4 is 10.6 Å². The highest BCUT2D eigenvalue weighted by atomic mass is 16.5. The lowest BCUT2D eigenvalue weighted by atomic mass is 10.1. The standard InChI is InChI=1S/C22H18N2O4/c1-28-22(27)17-6-5-9-19(14-17)24-21(26)16-12-10-15(11-13-16)20(25)23-18-7-3-2-4-8-18/h2-14H,1H3,(H,23,25)(H,24,26). The highest BCUT2D eigenvalue weighted by Gasteiger charge is 2.11. The van der Waals surface area contributed by atoms with E-state index in [0.29, 0.717) is 28.1 Å². The van der Waals surface area contributed by atoms with Crippen molar-refractivity contribution in [1.29, 1.82) is 0 Å². The number of anilines is 2. The molecule has 3 aromatic rings. The number of rotatable bonds is 5. The first-order valence-electron chi connectivity index (χ1n) is 8.53. The number of carbonyl (C=O) groups excluding carboxylic acids is 3. The van der Waals surface area contributed by atoms with Gasteiger partial charge in [-0.3, -0.25) is 9.59 Å².